The van der Waals surface area contributed by atoms with Crippen LogP contribution in [0.5, 0.6) is 0 Å². The van der Waals surface area contributed by atoms with Crippen molar-refractivity contribution < 1.29 is 4.68 Å². The zero-order chi connectivity index (χ0) is 11.0. The second kappa shape index (κ2) is 3.34. The molecule has 0 spiro atoms. The summed E-state index contributed by atoms with van der Waals surface area (Å²) in [5.41, 5.74) is 1.54. The van der Waals surface area contributed by atoms with Gasteiger partial charge in [0.05, 0.1) is 5.39 Å². The number of fused-ring (bicyclic) bond motifs is 3. The molecule has 0 aliphatic rings. The van der Waals surface area contributed by atoms with E-state index in [-0.39, 0.29) is 0 Å². The SMILES string of the molecule is O=N[n+]1cccc2ccc3cccnc3c21. The Morgan fingerprint density at radius 3 is 2.75 bits per heavy atom. The lowest BCUT2D eigenvalue weighted by Crippen LogP contribution is -2.26. The molecule has 2 aromatic heterocycles. The van der Waals surface area contributed by atoms with Crippen LogP contribution in [0.1, 0.15) is 0 Å². The zero-order valence-corrected chi connectivity index (χ0v) is 8.37. The van der Waals surface area contributed by atoms with Crippen molar-refractivity contribution in [1.29, 1.82) is 0 Å². The molecule has 4 heteroatoms. The van der Waals surface area contributed by atoms with E-state index in [0.717, 1.165) is 21.8 Å². The monoisotopic (exact) mass is 210 g/mol. The van der Waals surface area contributed by atoms with Crippen molar-refractivity contribution >= 4 is 21.8 Å². The average Bonchev–Trinajstić information content (AvgIpc) is 2.37. The van der Waals surface area contributed by atoms with Gasteiger partial charge in [-0.3, -0.25) is 0 Å². The van der Waals surface area contributed by atoms with E-state index in [4.69, 9.17) is 0 Å². The molecule has 0 atom stereocenters. The van der Waals surface area contributed by atoms with Crippen LogP contribution < -0.4 is 4.68 Å². The first-order chi connectivity index (χ1) is 7.90. The lowest BCUT2D eigenvalue weighted by Gasteiger charge is -1.97. The van der Waals surface area contributed by atoms with Gasteiger partial charge < -0.3 is 0 Å². The molecule has 0 N–H and O–H groups in total. The average molecular weight is 210 g/mol. The van der Waals surface area contributed by atoms with Crippen molar-refractivity contribution in [3.05, 3.63) is 53.7 Å². The smallest absolute Gasteiger partial charge is 0.249 e. The standard InChI is InChI=1S/C12H8N3O/c16-14-15-8-2-4-10-6-5-9-3-1-7-13-11(9)12(10)15/h1-8H/q+1. The number of pyridine rings is 2. The first-order valence-electron chi connectivity index (χ1n) is 4.92. The van der Waals surface area contributed by atoms with Crippen molar-refractivity contribution in [2.24, 2.45) is 5.29 Å². The highest BCUT2D eigenvalue weighted by Gasteiger charge is 2.13. The molecule has 1 aromatic carbocycles. The van der Waals surface area contributed by atoms with Gasteiger partial charge in [-0.2, -0.15) is 0 Å². The first kappa shape index (κ1) is 8.91. The lowest BCUT2D eigenvalue weighted by molar-refractivity contribution is -0.654. The van der Waals surface area contributed by atoms with E-state index in [0.29, 0.717) is 0 Å². The lowest BCUT2D eigenvalue weighted by atomic mass is 10.1. The summed E-state index contributed by atoms with van der Waals surface area (Å²) in [6.07, 6.45) is 3.34. The summed E-state index contributed by atoms with van der Waals surface area (Å²) in [6.45, 7) is 0. The Balaban J connectivity index is 2.62. The fourth-order valence-electron chi connectivity index (χ4n) is 1.89. The molecular weight excluding hydrogens is 202 g/mol. The summed E-state index contributed by atoms with van der Waals surface area (Å²) in [5, 5.41) is 4.93. The van der Waals surface area contributed by atoms with Crippen LogP contribution in [0.15, 0.2) is 54.1 Å². The number of nitroso groups, excluding NO2 is 1. The minimum absolute atomic E-state index is 0.746. The Labute approximate surface area is 91.1 Å². The van der Waals surface area contributed by atoms with E-state index in [1.54, 1.807) is 18.5 Å². The number of benzene rings is 1. The van der Waals surface area contributed by atoms with Crippen molar-refractivity contribution in [3.8, 4) is 0 Å². The number of nitrogens with zero attached hydrogens (tertiary/aromatic N) is 3. The van der Waals surface area contributed by atoms with E-state index in [2.05, 4.69) is 10.3 Å². The van der Waals surface area contributed by atoms with Gasteiger partial charge in [0, 0.05) is 17.6 Å². The van der Waals surface area contributed by atoms with Gasteiger partial charge in [0.1, 0.15) is 5.52 Å². The maximum Gasteiger partial charge on any atom is 0.274 e. The Morgan fingerprint density at radius 2 is 1.88 bits per heavy atom. The summed E-state index contributed by atoms with van der Waals surface area (Å²) in [5.74, 6) is 0. The number of aromatic nitrogens is 2. The Kier molecular flexibility index (Phi) is 1.86. The van der Waals surface area contributed by atoms with E-state index in [9.17, 15) is 4.91 Å². The molecule has 2 heterocycles. The van der Waals surface area contributed by atoms with Gasteiger partial charge in [-0.1, -0.05) is 17.0 Å². The molecule has 0 unspecified atom stereocenters. The third kappa shape index (κ3) is 1.16. The normalized spacial score (nSPS) is 10.8. The molecule has 3 rings (SSSR count). The molecular formula is C12H8N3O+. The third-order valence-corrected chi connectivity index (χ3v) is 2.60. The van der Waals surface area contributed by atoms with Gasteiger partial charge in [0.25, 0.3) is 5.52 Å². The quantitative estimate of drug-likeness (QED) is 0.351. The first-order valence-corrected chi connectivity index (χ1v) is 4.92. The summed E-state index contributed by atoms with van der Waals surface area (Å²) in [6, 6.07) is 11.5. The molecule has 0 saturated heterocycles. The van der Waals surface area contributed by atoms with Crippen LogP contribution in [-0.2, 0) is 0 Å². The second-order valence-electron chi connectivity index (χ2n) is 3.51. The predicted octanol–water partition coefficient (Wildman–Crippen LogP) is 2.21. The Bertz CT molecular complexity index is 694. The minimum Gasteiger partial charge on any atom is -0.249 e. The van der Waals surface area contributed by atoms with Crippen LogP contribution in [0.3, 0.4) is 0 Å². The Morgan fingerprint density at radius 1 is 1.06 bits per heavy atom. The second-order valence-corrected chi connectivity index (χ2v) is 3.51. The molecule has 0 amide bonds. The number of hydrogen-bond acceptors (Lipinski definition) is 3. The van der Waals surface area contributed by atoms with Crippen molar-refractivity contribution in [2.75, 3.05) is 0 Å². The minimum atomic E-state index is 0.746. The molecule has 0 aliphatic carbocycles. The van der Waals surface area contributed by atoms with Crippen LogP contribution in [0.2, 0.25) is 0 Å². The van der Waals surface area contributed by atoms with E-state index in [1.165, 1.54) is 4.68 Å². The van der Waals surface area contributed by atoms with Gasteiger partial charge >= 0.3 is 0 Å². The topological polar surface area (TPSA) is 46.2 Å². The summed E-state index contributed by atoms with van der Waals surface area (Å²) in [4.78, 5) is 15.0. The summed E-state index contributed by atoms with van der Waals surface area (Å²) < 4.78 is 1.31. The highest BCUT2D eigenvalue weighted by atomic mass is 16.3. The van der Waals surface area contributed by atoms with E-state index >= 15 is 0 Å². The molecule has 0 saturated carbocycles. The molecule has 4 nitrogen and oxygen atoms in total. The molecule has 0 radical (unpaired) electrons. The van der Waals surface area contributed by atoms with Crippen LogP contribution in [0.4, 0.5) is 0 Å². The zero-order valence-electron chi connectivity index (χ0n) is 8.37. The third-order valence-electron chi connectivity index (χ3n) is 2.60. The molecule has 16 heavy (non-hydrogen) atoms. The number of rotatable bonds is 1. The van der Waals surface area contributed by atoms with Crippen LogP contribution in [0, 0.1) is 4.91 Å². The maximum absolute atomic E-state index is 10.7. The number of hydrogen-bond donors (Lipinski definition) is 0. The van der Waals surface area contributed by atoms with Crippen LogP contribution in [-0.4, -0.2) is 4.98 Å². The molecule has 0 bridgehead atoms. The van der Waals surface area contributed by atoms with E-state index < -0.39 is 0 Å². The molecule has 0 aliphatic heterocycles. The van der Waals surface area contributed by atoms with Crippen molar-refractivity contribution in [3.63, 3.8) is 0 Å². The van der Waals surface area contributed by atoms with Gasteiger partial charge in [-0.05, 0) is 22.9 Å². The summed E-state index contributed by atoms with van der Waals surface area (Å²) in [7, 11) is 0. The maximum atomic E-state index is 10.7. The summed E-state index contributed by atoms with van der Waals surface area (Å²) >= 11 is 0. The van der Waals surface area contributed by atoms with Crippen LogP contribution in [0.25, 0.3) is 21.8 Å². The van der Waals surface area contributed by atoms with Crippen molar-refractivity contribution in [2.45, 2.75) is 0 Å². The van der Waals surface area contributed by atoms with Crippen molar-refractivity contribution in [1.82, 2.24) is 4.98 Å². The fraction of sp³-hybridized carbons (Fsp3) is 0. The van der Waals surface area contributed by atoms with Gasteiger partial charge in [0.2, 0.25) is 11.5 Å². The highest BCUT2D eigenvalue weighted by molar-refractivity contribution is 6.00. The predicted molar refractivity (Wildman–Crippen MR) is 60.6 cm³/mol. The van der Waals surface area contributed by atoms with E-state index in [1.807, 2.05) is 30.3 Å². The molecule has 76 valence electrons. The van der Waals surface area contributed by atoms with Gasteiger partial charge in [-0.15, -0.1) is 0 Å². The van der Waals surface area contributed by atoms with Crippen LogP contribution >= 0.6 is 0 Å². The van der Waals surface area contributed by atoms with Gasteiger partial charge in [-0.25, -0.2) is 4.98 Å². The highest BCUT2D eigenvalue weighted by Crippen LogP contribution is 2.19. The van der Waals surface area contributed by atoms with Gasteiger partial charge in [0.15, 0.2) is 0 Å². The molecule has 3 aromatic rings. The Hall–Kier alpha value is -2.36. The fourth-order valence-corrected chi connectivity index (χ4v) is 1.89. The largest absolute Gasteiger partial charge is 0.274 e. The molecule has 0 fully saturated rings.